The van der Waals surface area contributed by atoms with Crippen LogP contribution < -0.4 is 5.32 Å². The number of alkyl halides is 3. The second kappa shape index (κ2) is 4.48. The van der Waals surface area contributed by atoms with Gasteiger partial charge in [0.2, 0.25) is 0 Å². The summed E-state index contributed by atoms with van der Waals surface area (Å²) >= 11 is 0. The first-order chi connectivity index (χ1) is 9.43. The van der Waals surface area contributed by atoms with Crippen molar-refractivity contribution in [2.75, 3.05) is 6.54 Å². The van der Waals surface area contributed by atoms with E-state index in [2.05, 4.69) is 14.9 Å². The van der Waals surface area contributed by atoms with Gasteiger partial charge in [-0.2, -0.15) is 13.2 Å². The minimum Gasteiger partial charge on any atom is -0.324 e. The zero-order valence-electron chi connectivity index (χ0n) is 11.4. The van der Waals surface area contributed by atoms with Gasteiger partial charge in [-0.1, -0.05) is 6.92 Å². The third-order valence-corrected chi connectivity index (χ3v) is 3.91. The zero-order valence-corrected chi connectivity index (χ0v) is 11.4. The first-order valence-electron chi connectivity index (χ1n) is 6.73. The molecule has 6 heteroatoms. The van der Waals surface area contributed by atoms with Gasteiger partial charge in [-0.15, -0.1) is 0 Å². The second-order valence-electron chi connectivity index (χ2n) is 5.22. The Balaban J connectivity index is 2.30. The fourth-order valence-corrected chi connectivity index (χ4v) is 3.01. The van der Waals surface area contributed by atoms with Crippen LogP contribution in [0.25, 0.3) is 11.0 Å². The molecular weight excluding hydrogens is 267 g/mol. The highest BCUT2D eigenvalue weighted by Crippen LogP contribution is 2.35. The summed E-state index contributed by atoms with van der Waals surface area (Å²) in [6, 6.07) is 1.44. The number of pyridine rings is 1. The molecule has 3 heterocycles. The largest absolute Gasteiger partial charge is 0.417 e. The lowest BCUT2D eigenvalue weighted by Gasteiger charge is -2.25. The lowest BCUT2D eigenvalue weighted by atomic mass is 10.1. The molecule has 1 aliphatic heterocycles. The van der Waals surface area contributed by atoms with Gasteiger partial charge < -0.3 is 9.88 Å². The van der Waals surface area contributed by atoms with Gasteiger partial charge >= 0.3 is 6.18 Å². The number of halogens is 3. The van der Waals surface area contributed by atoms with Crippen LogP contribution in [0.1, 0.15) is 36.7 Å². The SMILES string of the molecule is CCc1c2n(c3ncc(C(F)(F)F)cc13)[C@H](C)CNC2. The summed E-state index contributed by atoms with van der Waals surface area (Å²) in [4.78, 5) is 4.10. The molecule has 0 saturated heterocycles. The van der Waals surface area contributed by atoms with Gasteiger partial charge in [-0.05, 0) is 25.0 Å². The molecule has 0 saturated carbocycles. The molecule has 0 aliphatic carbocycles. The van der Waals surface area contributed by atoms with E-state index in [0.717, 1.165) is 24.0 Å². The van der Waals surface area contributed by atoms with Crippen LogP contribution in [0, 0.1) is 0 Å². The summed E-state index contributed by atoms with van der Waals surface area (Å²) < 4.78 is 40.6. The van der Waals surface area contributed by atoms with Crippen molar-refractivity contribution in [2.24, 2.45) is 0 Å². The Bertz CT molecular complexity index is 658. The van der Waals surface area contributed by atoms with Crippen LogP contribution in [-0.4, -0.2) is 16.1 Å². The molecular formula is C14H16F3N3. The molecule has 108 valence electrons. The summed E-state index contributed by atoms with van der Waals surface area (Å²) in [7, 11) is 0. The molecule has 1 aliphatic rings. The topological polar surface area (TPSA) is 29.9 Å². The van der Waals surface area contributed by atoms with Gasteiger partial charge in [-0.25, -0.2) is 4.98 Å². The van der Waals surface area contributed by atoms with E-state index in [0.29, 0.717) is 24.0 Å². The number of hydrogen-bond acceptors (Lipinski definition) is 2. The molecule has 0 bridgehead atoms. The van der Waals surface area contributed by atoms with E-state index in [4.69, 9.17) is 0 Å². The summed E-state index contributed by atoms with van der Waals surface area (Å²) in [5.74, 6) is 0. The van der Waals surface area contributed by atoms with E-state index in [1.54, 1.807) is 0 Å². The first kappa shape index (κ1) is 13.4. The smallest absolute Gasteiger partial charge is 0.324 e. The Kier molecular flexibility index (Phi) is 3.01. The summed E-state index contributed by atoms with van der Waals surface area (Å²) in [6.45, 7) is 5.51. The highest BCUT2D eigenvalue weighted by atomic mass is 19.4. The number of rotatable bonds is 1. The lowest BCUT2D eigenvalue weighted by molar-refractivity contribution is -0.137. The lowest BCUT2D eigenvalue weighted by Crippen LogP contribution is -2.31. The predicted molar refractivity (Wildman–Crippen MR) is 70.5 cm³/mol. The Morgan fingerprint density at radius 1 is 1.45 bits per heavy atom. The molecule has 0 fully saturated rings. The molecule has 0 amide bonds. The maximum Gasteiger partial charge on any atom is 0.417 e. The number of hydrogen-bond donors (Lipinski definition) is 1. The van der Waals surface area contributed by atoms with Gasteiger partial charge in [0.1, 0.15) is 5.65 Å². The number of nitrogens with one attached hydrogen (secondary N) is 1. The molecule has 0 spiro atoms. The van der Waals surface area contributed by atoms with Gasteiger partial charge in [0.25, 0.3) is 0 Å². The second-order valence-corrected chi connectivity index (χ2v) is 5.22. The first-order valence-corrected chi connectivity index (χ1v) is 6.73. The molecule has 1 atom stereocenters. The molecule has 1 N–H and O–H groups in total. The van der Waals surface area contributed by atoms with E-state index in [9.17, 15) is 13.2 Å². The molecule has 3 rings (SSSR count). The van der Waals surface area contributed by atoms with Crippen LogP contribution in [-0.2, 0) is 19.1 Å². The minimum absolute atomic E-state index is 0.200. The number of aryl methyl sites for hydroxylation is 1. The Morgan fingerprint density at radius 3 is 2.85 bits per heavy atom. The monoisotopic (exact) mass is 283 g/mol. The molecule has 2 aromatic rings. The van der Waals surface area contributed by atoms with E-state index >= 15 is 0 Å². The van der Waals surface area contributed by atoms with Crippen LogP contribution >= 0.6 is 0 Å². The van der Waals surface area contributed by atoms with Gasteiger partial charge in [-0.3, -0.25) is 0 Å². The van der Waals surface area contributed by atoms with Crippen LogP contribution in [0.3, 0.4) is 0 Å². The molecule has 20 heavy (non-hydrogen) atoms. The summed E-state index contributed by atoms with van der Waals surface area (Å²) in [5.41, 5.74) is 2.02. The standard InChI is InChI=1S/C14H16F3N3/c1-3-10-11-4-9(14(15,16)17)6-19-13(11)20-8(2)5-18-7-12(10)20/h4,6,8,18H,3,5,7H2,1-2H3/t8-/m1/s1. The zero-order chi connectivity index (χ0) is 14.5. The van der Waals surface area contributed by atoms with Crippen molar-refractivity contribution in [3.8, 4) is 0 Å². The quantitative estimate of drug-likeness (QED) is 0.870. The summed E-state index contributed by atoms with van der Waals surface area (Å²) in [6.07, 6.45) is -2.71. The number of fused-ring (bicyclic) bond motifs is 3. The van der Waals surface area contributed by atoms with Gasteiger partial charge in [0.15, 0.2) is 0 Å². The van der Waals surface area contributed by atoms with Crippen LogP contribution in [0.15, 0.2) is 12.3 Å². The van der Waals surface area contributed by atoms with Crippen molar-refractivity contribution in [3.05, 3.63) is 29.1 Å². The Hall–Kier alpha value is -1.56. The van der Waals surface area contributed by atoms with E-state index in [-0.39, 0.29) is 6.04 Å². The fourth-order valence-electron chi connectivity index (χ4n) is 3.01. The van der Waals surface area contributed by atoms with Crippen LogP contribution in [0.4, 0.5) is 13.2 Å². The van der Waals surface area contributed by atoms with Crippen LogP contribution in [0.5, 0.6) is 0 Å². The average molecular weight is 283 g/mol. The molecule has 0 unspecified atom stereocenters. The Labute approximate surface area is 114 Å². The molecule has 3 nitrogen and oxygen atoms in total. The van der Waals surface area contributed by atoms with Crippen molar-refractivity contribution in [1.29, 1.82) is 0 Å². The fraction of sp³-hybridized carbons (Fsp3) is 0.500. The average Bonchev–Trinajstić information content (AvgIpc) is 2.71. The van der Waals surface area contributed by atoms with Crippen molar-refractivity contribution < 1.29 is 13.2 Å². The normalized spacial score (nSPS) is 19.4. The van der Waals surface area contributed by atoms with E-state index in [1.807, 2.05) is 13.8 Å². The van der Waals surface area contributed by atoms with Crippen molar-refractivity contribution in [1.82, 2.24) is 14.9 Å². The van der Waals surface area contributed by atoms with Gasteiger partial charge in [0.05, 0.1) is 5.56 Å². The highest BCUT2D eigenvalue weighted by molar-refractivity contribution is 5.83. The van der Waals surface area contributed by atoms with Crippen LogP contribution in [0.2, 0.25) is 0 Å². The van der Waals surface area contributed by atoms with E-state index < -0.39 is 11.7 Å². The van der Waals surface area contributed by atoms with Crippen molar-refractivity contribution >= 4 is 11.0 Å². The third-order valence-electron chi connectivity index (χ3n) is 3.91. The maximum atomic E-state index is 12.9. The number of nitrogens with zero attached hydrogens (tertiary/aromatic N) is 2. The van der Waals surface area contributed by atoms with E-state index in [1.165, 1.54) is 6.07 Å². The number of aromatic nitrogens is 2. The maximum absolute atomic E-state index is 12.9. The Morgan fingerprint density at radius 2 is 2.20 bits per heavy atom. The highest BCUT2D eigenvalue weighted by Gasteiger charge is 2.32. The minimum atomic E-state index is -4.35. The van der Waals surface area contributed by atoms with Gasteiger partial charge in [0, 0.05) is 36.4 Å². The molecule has 0 aromatic carbocycles. The van der Waals surface area contributed by atoms with Crippen molar-refractivity contribution in [3.63, 3.8) is 0 Å². The summed E-state index contributed by atoms with van der Waals surface area (Å²) in [5, 5.41) is 3.93. The predicted octanol–water partition coefficient (Wildman–Crippen LogP) is 3.28. The molecule has 2 aromatic heterocycles. The molecule has 0 radical (unpaired) electrons. The third kappa shape index (κ3) is 1.90. The van der Waals surface area contributed by atoms with Crippen molar-refractivity contribution in [2.45, 2.75) is 39.0 Å².